The van der Waals surface area contributed by atoms with Crippen LogP contribution in [0.2, 0.25) is 0 Å². The van der Waals surface area contributed by atoms with Crippen LogP contribution in [0.3, 0.4) is 0 Å². The van der Waals surface area contributed by atoms with Gasteiger partial charge >= 0.3 is 12.4 Å². The summed E-state index contributed by atoms with van der Waals surface area (Å²) in [6, 6.07) is -4.38. The summed E-state index contributed by atoms with van der Waals surface area (Å²) in [6.45, 7) is 1.64. The van der Waals surface area contributed by atoms with E-state index in [1.165, 1.54) is 11.1 Å². The Morgan fingerprint density at radius 1 is 1.24 bits per heavy atom. The molecule has 0 N–H and O–H groups in total. The summed E-state index contributed by atoms with van der Waals surface area (Å²) in [4.78, 5) is 1.52. The molecule has 0 saturated heterocycles. The van der Waals surface area contributed by atoms with E-state index in [1.807, 2.05) is 0 Å². The lowest BCUT2D eigenvalue weighted by Crippen LogP contribution is -2.49. The second-order valence-corrected chi connectivity index (χ2v) is 3.28. The van der Waals surface area contributed by atoms with Gasteiger partial charge in [0.25, 0.3) is 6.36 Å². The molecule has 0 aromatic carbocycles. The molecule has 0 bridgehead atoms. The van der Waals surface area contributed by atoms with Gasteiger partial charge in [-0.05, 0) is 6.92 Å². The molecule has 0 saturated carbocycles. The molecule has 1 unspecified atom stereocenters. The van der Waals surface area contributed by atoms with Crippen molar-refractivity contribution >= 4 is 0 Å². The molecular weight excluding hydrogens is 254 g/mol. The van der Waals surface area contributed by atoms with E-state index in [9.17, 15) is 26.3 Å². The summed E-state index contributed by atoms with van der Waals surface area (Å²) in [5.41, 5.74) is 0. The molecule has 0 aromatic heterocycles. The SMILES string of the molecule is CCN1C=CN(C(F)(F)C(F)OC(F)(F)F)C1. The third-order valence-electron chi connectivity index (χ3n) is 2.09. The number of alkyl halides is 6. The van der Waals surface area contributed by atoms with Gasteiger partial charge in [0.05, 0.1) is 6.67 Å². The predicted molar refractivity (Wildman–Crippen MR) is 45.2 cm³/mol. The zero-order valence-electron chi connectivity index (χ0n) is 8.72. The molecule has 1 rings (SSSR count). The third-order valence-corrected chi connectivity index (χ3v) is 2.09. The highest BCUT2D eigenvalue weighted by atomic mass is 19.4. The van der Waals surface area contributed by atoms with Crippen LogP contribution in [0, 0.1) is 0 Å². The van der Waals surface area contributed by atoms with E-state index in [2.05, 4.69) is 4.74 Å². The van der Waals surface area contributed by atoms with E-state index >= 15 is 0 Å². The Balaban J connectivity index is 2.65. The Bertz CT molecular complexity index is 292. The molecule has 0 aromatic rings. The molecule has 9 heteroatoms. The van der Waals surface area contributed by atoms with Gasteiger partial charge in [-0.25, -0.2) is 9.13 Å². The van der Waals surface area contributed by atoms with E-state index in [1.54, 1.807) is 6.92 Å². The van der Waals surface area contributed by atoms with E-state index in [4.69, 9.17) is 0 Å². The van der Waals surface area contributed by atoms with Gasteiger partial charge in [-0.1, -0.05) is 0 Å². The van der Waals surface area contributed by atoms with Crippen molar-refractivity contribution in [3.63, 3.8) is 0 Å². The first-order chi connectivity index (χ1) is 7.66. The van der Waals surface area contributed by atoms with Crippen LogP contribution >= 0.6 is 0 Å². The summed E-state index contributed by atoms with van der Waals surface area (Å²) < 4.78 is 76.7. The smallest absolute Gasteiger partial charge is 0.359 e. The Hall–Kier alpha value is -1.12. The quantitative estimate of drug-likeness (QED) is 0.573. The largest absolute Gasteiger partial charge is 0.525 e. The molecule has 1 aliphatic rings. The van der Waals surface area contributed by atoms with Crippen molar-refractivity contribution in [2.75, 3.05) is 13.2 Å². The van der Waals surface area contributed by atoms with Gasteiger partial charge < -0.3 is 4.90 Å². The van der Waals surface area contributed by atoms with Gasteiger partial charge in [0.2, 0.25) is 0 Å². The van der Waals surface area contributed by atoms with Crippen molar-refractivity contribution in [3.8, 4) is 0 Å². The van der Waals surface area contributed by atoms with Crippen molar-refractivity contribution in [1.82, 2.24) is 9.80 Å². The van der Waals surface area contributed by atoms with Crippen LogP contribution in [-0.2, 0) is 4.74 Å². The molecule has 1 heterocycles. The first kappa shape index (κ1) is 13.9. The van der Waals surface area contributed by atoms with Crippen LogP contribution in [0.1, 0.15) is 6.92 Å². The lowest BCUT2D eigenvalue weighted by molar-refractivity contribution is -0.400. The van der Waals surface area contributed by atoms with Crippen molar-refractivity contribution in [1.29, 1.82) is 0 Å². The maximum atomic E-state index is 13.2. The Labute approximate surface area is 93.2 Å². The number of nitrogens with zero attached hydrogens (tertiary/aromatic N) is 2. The lowest BCUT2D eigenvalue weighted by atomic mass is 10.5. The van der Waals surface area contributed by atoms with Gasteiger partial charge in [0.15, 0.2) is 0 Å². The molecular formula is C8H10F6N2O. The van der Waals surface area contributed by atoms with Gasteiger partial charge in [-0.2, -0.15) is 8.78 Å². The van der Waals surface area contributed by atoms with Crippen molar-refractivity contribution in [2.45, 2.75) is 25.7 Å². The highest BCUT2D eigenvalue weighted by Crippen LogP contribution is 2.33. The molecule has 0 radical (unpaired) electrons. The van der Waals surface area contributed by atoms with Crippen molar-refractivity contribution < 1.29 is 31.1 Å². The normalized spacial score (nSPS) is 19.0. The Kier molecular flexibility index (Phi) is 3.80. The number of halogens is 6. The number of ether oxygens (including phenoxy) is 1. The maximum absolute atomic E-state index is 13.2. The van der Waals surface area contributed by atoms with Crippen LogP contribution in [0.5, 0.6) is 0 Å². The standard InChI is InChI=1S/C8H10F6N2O/c1-2-15-3-4-16(5-15)7(10,11)6(9)17-8(12,13)14/h3-4,6H,2,5H2,1H3. The second kappa shape index (κ2) is 4.63. The van der Waals surface area contributed by atoms with Crippen LogP contribution < -0.4 is 0 Å². The first-order valence-corrected chi connectivity index (χ1v) is 4.62. The minimum Gasteiger partial charge on any atom is -0.359 e. The summed E-state index contributed by atoms with van der Waals surface area (Å²) in [7, 11) is 0. The van der Waals surface area contributed by atoms with Crippen LogP contribution in [0.15, 0.2) is 12.4 Å². The maximum Gasteiger partial charge on any atom is 0.525 e. The van der Waals surface area contributed by atoms with Crippen LogP contribution in [-0.4, -0.2) is 41.8 Å². The number of hydrogen-bond acceptors (Lipinski definition) is 3. The molecule has 0 fully saturated rings. The fraction of sp³-hybridized carbons (Fsp3) is 0.750. The summed E-state index contributed by atoms with van der Waals surface area (Å²) in [5.74, 6) is 0. The average molecular weight is 264 g/mol. The molecule has 100 valence electrons. The van der Waals surface area contributed by atoms with Gasteiger partial charge in [0.1, 0.15) is 0 Å². The van der Waals surface area contributed by atoms with E-state index in [0.29, 0.717) is 6.54 Å². The van der Waals surface area contributed by atoms with Crippen LogP contribution in [0.25, 0.3) is 0 Å². The zero-order chi connectivity index (χ0) is 13.3. The first-order valence-electron chi connectivity index (χ1n) is 4.62. The minimum absolute atomic E-state index is 0.146. The third kappa shape index (κ3) is 3.42. The molecule has 1 aliphatic heterocycles. The molecule has 0 amide bonds. The van der Waals surface area contributed by atoms with E-state index in [-0.39, 0.29) is 4.90 Å². The average Bonchev–Trinajstić information content (AvgIpc) is 2.63. The van der Waals surface area contributed by atoms with E-state index in [0.717, 1.165) is 6.20 Å². The fourth-order valence-corrected chi connectivity index (χ4v) is 1.18. The lowest BCUT2D eigenvalue weighted by Gasteiger charge is -2.30. The van der Waals surface area contributed by atoms with Gasteiger partial charge in [-0.3, -0.25) is 4.90 Å². The Morgan fingerprint density at radius 3 is 2.24 bits per heavy atom. The topological polar surface area (TPSA) is 15.7 Å². The summed E-state index contributed by atoms with van der Waals surface area (Å²) >= 11 is 0. The van der Waals surface area contributed by atoms with Crippen molar-refractivity contribution in [2.24, 2.45) is 0 Å². The highest BCUT2D eigenvalue weighted by molar-refractivity contribution is 4.94. The molecule has 0 aliphatic carbocycles. The molecule has 1 atom stereocenters. The monoisotopic (exact) mass is 264 g/mol. The number of rotatable bonds is 4. The molecule has 17 heavy (non-hydrogen) atoms. The summed E-state index contributed by atoms with van der Waals surface area (Å²) in [6.07, 6.45) is -7.18. The number of hydrogen-bond donors (Lipinski definition) is 0. The highest BCUT2D eigenvalue weighted by Gasteiger charge is 2.52. The van der Waals surface area contributed by atoms with Crippen molar-refractivity contribution in [3.05, 3.63) is 12.4 Å². The fourth-order valence-electron chi connectivity index (χ4n) is 1.18. The molecule has 0 spiro atoms. The zero-order valence-corrected chi connectivity index (χ0v) is 8.72. The van der Waals surface area contributed by atoms with E-state index < -0.39 is 25.4 Å². The summed E-state index contributed by atoms with van der Waals surface area (Å²) in [5, 5.41) is 0. The van der Waals surface area contributed by atoms with Gasteiger partial charge in [-0.15, -0.1) is 13.2 Å². The van der Waals surface area contributed by atoms with Gasteiger partial charge in [0, 0.05) is 18.9 Å². The minimum atomic E-state index is -5.45. The Morgan fingerprint density at radius 2 is 1.82 bits per heavy atom. The predicted octanol–water partition coefficient (Wildman–Crippen LogP) is 2.48. The second-order valence-electron chi connectivity index (χ2n) is 3.28. The van der Waals surface area contributed by atoms with Crippen LogP contribution in [0.4, 0.5) is 26.3 Å². The molecule has 3 nitrogen and oxygen atoms in total.